The van der Waals surface area contributed by atoms with Crippen LogP contribution in [0.1, 0.15) is 24.5 Å². The van der Waals surface area contributed by atoms with Gasteiger partial charge in [-0.05, 0) is 30.9 Å². The van der Waals surface area contributed by atoms with E-state index >= 15 is 0 Å². The maximum atomic E-state index is 11.9. The van der Waals surface area contributed by atoms with Gasteiger partial charge in [0.15, 0.2) is 9.84 Å². The van der Waals surface area contributed by atoms with Gasteiger partial charge in [-0.1, -0.05) is 24.3 Å². The van der Waals surface area contributed by atoms with E-state index in [0.29, 0.717) is 6.42 Å². The van der Waals surface area contributed by atoms with Gasteiger partial charge >= 0.3 is 0 Å². The molecule has 4 rings (SSSR count). The lowest BCUT2D eigenvalue weighted by Crippen LogP contribution is -2.37. The Hall–Kier alpha value is -2.15. The molecule has 0 radical (unpaired) electrons. The summed E-state index contributed by atoms with van der Waals surface area (Å²) < 4.78 is 23.7. The SMILES string of the molecule is CCN(c1cc(N2CCc3ccccc3C2)ncn1)C1CCS(=O)(=O)C1. The molecule has 1 unspecified atom stereocenters. The van der Waals surface area contributed by atoms with Gasteiger partial charge in [0.1, 0.15) is 18.0 Å². The number of sulfone groups is 1. The first-order valence-corrected chi connectivity index (χ1v) is 11.0. The molecule has 138 valence electrons. The smallest absolute Gasteiger partial charge is 0.152 e. The fourth-order valence-corrected chi connectivity index (χ4v) is 5.72. The molecular formula is C19H24N4O2S. The Balaban J connectivity index is 1.57. The normalized spacial score (nSPS) is 21.4. The molecular weight excluding hydrogens is 348 g/mol. The van der Waals surface area contributed by atoms with Crippen LogP contribution >= 0.6 is 0 Å². The fraction of sp³-hybridized carbons (Fsp3) is 0.474. The monoisotopic (exact) mass is 372 g/mol. The minimum absolute atomic E-state index is 0.00910. The second-order valence-electron chi connectivity index (χ2n) is 7.02. The highest BCUT2D eigenvalue weighted by molar-refractivity contribution is 7.91. The molecule has 3 heterocycles. The molecule has 0 amide bonds. The van der Waals surface area contributed by atoms with Crippen molar-refractivity contribution in [2.45, 2.75) is 32.4 Å². The topological polar surface area (TPSA) is 66.4 Å². The number of anilines is 2. The van der Waals surface area contributed by atoms with Crippen molar-refractivity contribution >= 4 is 21.5 Å². The number of hydrogen-bond donors (Lipinski definition) is 0. The van der Waals surface area contributed by atoms with Crippen molar-refractivity contribution in [2.24, 2.45) is 0 Å². The number of hydrogen-bond acceptors (Lipinski definition) is 6. The van der Waals surface area contributed by atoms with Gasteiger partial charge in [-0.2, -0.15) is 0 Å². The number of benzene rings is 1. The molecule has 1 aromatic heterocycles. The zero-order chi connectivity index (χ0) is 18.1. The van der Waals surface area contributed by atoms with E-state index in [2.05, 4.69) is 44.0 Å². The van der Waals surface area contributed by atoms with E-state index in [0.717, 1.165) is 37.7 Å². The molecule has 1 atom stereocenters. The van der Waals surface area contributed by atoms with Crippen LogP contribution < -0.4 is 9.80 Å². The van der Waals surface area contributed by atoms with Crippen molar-refractivity contribution in [3.05, 3.63) is 47.8 Å². The van der Waals surface area contributed by atoms with Gasteiger partial charge in [-0.3, -0.25) is 0 Å². The van der Waals surface area contributed by atoms with Crippen LogP contribution in [0, 0.1) is 0 Å². The molecule has 0 saturated carbocycles. The van der Waals surface area contributed by atoms with Crippen LogP contribution in [0.3, 0.4) is 0 Å². The first-order chi connectivity index (χ1) is 12.6. The maximum Gasteiger partial charge on any atom is 0.152 e. The van der Waals surface area contributed by atoms with Crippen LogP contribution in [-0.4, -0.2) is 49.0 Å². The highest BCUT2D eigenvalue weighted by Crippen LogP contribution is 2.27. The Morgan fingerprint density at radius 3 is 2.77 bits per heavy atom. The molecule has 0 N–H and O–H groups in total. The summed E-state index contributed by atoms with van der Waals surface area (Å²) in [5.74, 6) is 2.22. The van der Waals surface area contributed by atoms with Crippen LogP contribution in [0.25, 0.3) is 0 Å². The van der Waals surface area contributed by atoms with Crippen molar-refractivity contribution in [3.63, 3.8) is 0 Å². The van der Waals surface area contributed by atoms with E-state index < -0.39 is 9.84 Å². The number of rotatable bonds is 4. The largest absolute Gasteiger partial charge is 0.353 e. The Morgan fingerprint density at radius 1 is 1.23 bits per heavy atom. The third kappa shape index (κ3) is 3.40. The van der Waals surface area contributed by atoms with Crippen LogP contribution in [0.2, 0.25) is 0 Å². The minimum atomic E-state index is -2.92. The zero-order valence-corrected chi connectivity index (χ0v) is 15.8. The molecule has 2 aliphatic rings. The van der Waals surface area contributed by atoms with Crippen LogP contribution in [0.15, 0.2) is 36.7 Å². The van der Waals surface area contributed by atoms with E-state index in [1.54, 1.807) is 6.33 Å². The molecule has 1 fully saturated rings. The summed E-state index contributed by atoms with van der Waals surface area (Å²) in [6.45, 7) is 4.55. The first-order valence-electron chi connectivity index (χ1n) is 9.16. The molecule has 1 aromatic carbocycles. The predicted molar refractivity (Wildman–Crippen MR) is 103 cm³/mol. The Morgan fingerprint density at radius 2 is 2.04 bits per heavy atom. The van der Waals surface area contributed by atoms with E-state index in [4.69, 9.17) is 0 Å². The summed E-state index contributed by atoms with van der Waals surface area (Å²) in [6, 6.07) is 10.5. The zero-order valence-electron chi connectivity index (χ0n) is 15.0. The highest BCUT2D eigenvalue weighted by Gasteiger charge is 2.32. The van der Waals surface area contributed by atoms with Gasteiger partial charge in [0.2, 0.25) is 0 Å². The van der Waals surface area contributed by atoms with Gasteiger partial charge < -0.3 is 9.80 Å². The molecule has 26 heavy (non-hydrogen) atoms. The minimum Gasteiger partial charge on any atom is -0.353 e. The fourth-order valence-electron chi connectivity index (χ4n) is 3.99. The van der Waals surface area contributed by atoms with E-state index in [9.17, 15) is 8.42 Å². The standard InChI is InChI=1S/C19H24N4O2S/c1-2-23(17-8-10-26(24,25)13-17)19-11-18(20-14-21-19)22-9-7-15-5-3-4-6-16(15)12-22/h3-6,11,14,17H,2,7-10,12-13H2,1H3. The van der Waals surface area contributed by atoms with E-state index in [1.165, 1.54) is 11.1 Å². The lowest BCUT2D eigenvalue weighted by molar-refractivity contribution is 0.599. The number of aromatic nitrogens is 2. The van der Waals surface area contributed by atoms with Crippen molar-refractivity contribution in [3.8, 4) is 0 Å². The second-order valence-corrected chi connectivity index (χ2v) is 9.25. The molecule has 6 nitrogen and oxygen atoms in total. The summed E-state index contributed by atoms with van der Waals surface area (Å²) in [5.41, 5.74) is 2.75. The Bertz CT molecular complexity index is 900. The van der Waals surface area contributed by atoms with Crippen LogP contribution in [0.4, 0.5) is 11.6 Å². The van der Waals surface area contributed by atoms with Gasteiger partial charge in [-0.25, -0.2) is 18.4 Å². The van der Waals surface area contributed by atoms with E-state index in [-0.39, 0.29) is 17.5 Å². The number of nitrogens with zero attached hydrogens (tertiary/aromatic N) is 4. The average molecular weight is 372 g/mol. The molecule has 7 heteroatoms. The molecule has 2 aromatic rings. The van der Waals surface area contributed by atoms with E-state index in [1.807, 2.05) is 13.0 Å². The maximum absolute atomic E-state index is 11.9. The van der Waals surface area contributed by atoms with Crippen LogP contribution in [-0.2, 0) is 22.8 Å². The quantitative estimate of drug-likeness (QED) is 0.818. The highest BCUT2D eigenvalue weighted by atomic mass is 32.2. The van der Waals surface area contributed by atoms with Gasteiger partial charge in [0, 0.05) is 31.7 Å². The third-order valence-corrected chi connectivity index (χ3v) is 7.13. The van der Waals surface area contributed by atoms with Crippen molar-refractivity contribution in [2.75, 3.05) is 34.4 Å². The van der Waals surface area contributed by atoms with Gasteiger partial charge in [0.25, 0.3) is 0 Å². The summed E-state index contributed by atoms with van der Waals surface area (Å²) >= 11 is 0. The lowest BCUT2D eigenvalue weighted by atomic mass is 10.00. The van der Waals surface area contributed by atoms with Gasteiger partial charge in [0.05, 0.1) is 11.5 Å². The average Bonchev–Trinajstić information content (AvgIpc) is 3.02. The molecule has 0 aliphatic carbocycles. The summed E-state index contributed by atoms with van der Waals surface area (Å²) in [7, 11) is -2.92. The molecule has 0 spiro atoms. The lowest BCUT2D eigenvalue weighted by Gasteiger charge is -2.32. The van der Waals surface area contributed by atoms with Crippen LogP contribution in [0.5, 0.6) is 0 Å². The predicted octanol–water partition coefficient (Wildman–Crippen LogP) is 2.05. The summed E-state index contributed by atoms with van der Waals surface area (Å²) in [4.78, 5) is 13.3. The second kappa shape index (κ2) is 6.87. The Kier molecular flexibility index (Phi) is 4.56. The first kappa shape index (κ1) is 17.3. The molecule has 2 aliphatic heterocycles. The number of fused-ring (bicyclic) bond motifs is 1. The third-order valence-electron chi connectivity index (χ3n) is 5.38. The summed E-state index contributed by atoms with van der Waals surface area (Å²) in [5, 5.41) is 0. The van der Waals surface area contributed by atoms with Crippen molar-refractivity contribution in [1.29, 1.82) is 0 Å². The van der Waals surface area contributed by atoms with Crippen molar-refractivity contribution in [1.82, 2.24) is 9.97 Å². The molecule has 0 bridgehead atoms. The Labute approximate surface area is 154 Å². The van der Waals surface area contributed by atoms with Crippen molar-refractivity contribution < 1.29 is 8.42 Å². The molecule has 1 saturated heterocycles. The summed E-state index contributed by atoms with van der Waals surface area (Å²) in [6.07, 6.45) is 3.28. The van der Waals surface area contributed by atoms with Gasteiger partial charge in [-0.15, -0.1) is 0 Å².